The number of ether oxygens (including phenoxy) is 1. The number of unbranched alkanes of at least 4 members (excludes halogenated alkanes) is 3. The number of allylic oxidation sites excluding steroid dienone is 1. The zero-order valence-electron chi connectivity index (χ0n) is 17.2. The van der Waals surface area contributed by atoms with Crippen molar-refractivity contribution in [2.45, 2.75) is 99.8 Å². The molecule has 1 unspecified atom stereocenters. The summed E-state index contributed by atoms with van der Waals surface area (Å²) in [7, 11) is 0. The molecule has 2 nitrogen and oxygen atoms in total. The molecule has 0 aromatic carbocycles. The first kappa shape index (κ1) is 24.0. The second-order valence-corrected chi connectivity index (χ2v) is 20.4. The molecule has 0 amide bonds. The first-order valence-electron chi connectivity index (χ1n) is 10.4. The van der Waals surface area contributed by atoms with Crippen LogP contribution < -0.4 is 0 Å². The van der Waals surface area contributed by atoms with Crippen LogP contribution in [0.3, 0.4) is 0 Å². The van der Waals surface area contributed by atoms with Crippen LogP contribution in [-0.4, -0.2) is 31.0 Å². The summed E-state index contributed by atoms with van der Waals surface area (Å²) in [6, 6.07) is 0. The number of hydrogen-bond donors (Lipinski definition) is 0. The van der Waals surface area contributed by atoms with E-state index in [1.165, 1.54) is 55.4 Å². The average Bonchev–Trinajstić information content (AvgIpc) is 2.59. The van der Waals surface area contributed by atoms with Crippen LogP contribution in [0.5, 0.6) is 0 Å². The number of carbonyl (C=O) groups is 1. The number of carbonyl (C=O) groups excluding carboxylic acids is 1. The van der Waals surface area contributed by atoms with Gasteiger partial charge in [0.15, 0.2) is 0 Å². The quantitative estimate of drug-likeness (QED) is 0.165. The summed E-state index contributed by atoms with van der Waals surface area (Å²) in [5, 5.41) is 0. The Balaban J connectivity index is 5.86. The summed E-state index contributed by atoms with van der Waals surface area (Å²) in [5.74, 6) is 0.502. The fraction of sp³-hybridized carbons (Fsp3) is 0.857. The molecule has 3 heteroatoms. The molecule has 0 aliphatic rings. The van der Waals surface area contributed by atoms with Gasteiger partial charge in [-0.05, 0) is 0 Å². The van der Waals surface area contributed by atoms with Crippen molar-refractivity contribution in [1.29, 1.82) is 0 Å². The molecule has 0 radical (unpaired) electrons. The normalized spacial score (nSPS) is 13.8. The van der Waals surface area contributed by atoms with Gasteiger partial charge in [-0.3, -0.25) is 0 Å². The van der Waals surface area contributed by atoms with Crippen LogP contribution >= 0.6 is 0 Å². The molecule has 24 heavy (non-hydrogen) atoms. The van der Waals surface area contributed by atoms with Gasteiger partial charge in [0.25, 0.3) is 0 Å². The molecule has 0 heterocycles. The Hall–Kier alpha value is 0.00870. The van der Waals surface area contributed by atoms with Crippen LogP contribution in [-0.2, 0) is 9.53 Å². The Labute approximate surface area is 155 Å². The number of rotatable bonds is 14. The fourth-order valence-electron chi connectivity index (χ4n) is 3.40. The van der Waals surface area contributed by atoms with E-state index in [-0.39, 0.29) is 5.97 Å². The molecule has 0 N–H and O–H groups in total. The molecule has 0 fully saturated rings. The van der Waals surface area contributed by atoms with Crippen LogP contribution in [0.2, 0.25) is 13.3 Å². The molecule has 0 saturated heterocycles. The van der Waals surface area contributed by atoms with E-state index in [0.29, 0.717) is 12.5 Å². The third-order valence-electron chi connectivity index (χ3n) is 5.19. The Morgan fingerprint density at radius 3 is 1.71 bits per heavy atom. The van der Waals surface area contributed by atoms with E-state index in [2.05, 4.69) is 40.7 Å². The van der Waals surface area contributed by atoms with Crippen LogP contribution in [0.4, 0.5) is 0 Å². The second-order valence-electron chi connectivity index (χ2n) is 7.28. The van der Waals surface area contributed by atoms with Gasteiger partial charge in [0.1, 0.15) is 0 Å². The minimum atomic E-state index is -2.70. The summed E-state index contributed by atoms with van der Waals surface area (Å²) in [6.07, 6.45) is 11.0. The summed E-state index contributed by atoms with van der Waals surface area (Å²) >= 11 is -2.70. The molecule has 0 saturated carbocycles. The maximum atomic E-state index is 12.9. The van der Waals surface area contributed by atoms with E-state index in [0.717, 1.165) is 6.42 Å². The van der Waals surface area contributed by atoms with Gasteiger partial charge in [0.2, 0.25) is 0 Å². The Morgan fingerprint density at radius 1 is 0.917 bits per heavy atom. The summed E-state index contributed by atoms with van der Waals surface area (Å²) in [4.78, 5) is 12.9. The SMILES string of the molecule is CCC[CH2][Sn]([CH2]CCC)([CH2]CCC)/[C](=C/C(C)CC)C(=O)OCC. The molecule has 1 atom stereocenters. The third kappa shape index (κ3) is 8.40. The molecular formula is C21H42O2Sn. The van der Waals surface area contributed by atoms with E-state index in [9.17, 15) is 4.79 Å². The molecule has 0 aliphatic carbocycles. The number of hydrogen-bond acceptors (Lipinski definition) is 2. The second kappa shape index (κ2) is 14.2. The molecule has 0 spiro atoms. The van der Waals surface area contributed by atoms with Crippen molar-refractivity contribution in [3.8, 4) is 0 Å². The number of esters is 1. The van der Waals surface area contributed by atoms with Crippen LogP contribution in [0.1, 0.15) is 86.5 Å². The molecule has 0 bridgehead atoms. The van der Waals surface area contributed by atoms with Gasteiger partial charge in [-0.1, -0.05) is 0 Å². The van der Waals surface area contributed by atoms with Gasteiger partial charge in [0, 0.05) is 0 Å². The average molecular weight is 445 g/mol. The minimum absolute atomic E-state index is 0.0249. The van der Waals surface area contributed by atoms with E-state index in [1.54, 1.807) is 0 Å². The first-order valence-corrected chi connectivity index (χ1v) is 17.9. The van der Waals surface area contributed by atoms with Crippen LogP contribution in [0, 0.1) is 5.92 Å². The van der Waals surface area contributed by atoms with Crippen molar-refractivity contribution >= 4 is 24.3 Å². The summed E-state index contributed by atoms with van der Waals surface area (Å²) < 4.78 is 10.7. The van der Waals surface area contributed by atoms with Crippen LogP contribution in [0.25, 0.3) is 0 Å². The van der Waals surface area contributed by atoms with Gasteiger partial charge in [-0.15, -0.1) is 0 Å². The zero-order chi connectivity index (χ0) is 18.4. The summed E-state index contributed by atoms with van der Waals surface area (Å²) in [6.45, 7) is 13.7. The zero-order valence-corrected chi connectivity index (χ0v) is 20.1. The Morgan fingerprint density at radius 2 is 1.38 bits per heavy atom. The van der Waals surface area contributed by atoms with Gasteiger partial charge < -0.3 is 0 Å². The molecular weight excluding hydrogens is 403 g/mol. The van der Waals surface area contributed by atoms with Gasteiger partial charge in [-0.25, -0.2) is 0 Å². The van der Waals surface area contributed by atoms with Crippen molar-refractivity contribution in [2.75, 3.05) is 6.61 Å². The van der Waals surface area contributed by atoms with Crippen molar-refractivity contribution in [1.82, 2.24) is 0 Å². The fourth-order valence-corrected chi connectivity index (χ4v) is 19.9. The van der Waals surface area contributed by atoms with Gasteiger partial charge in [-0.2, -0.15) is 0 Å². The van der Waals surface area contributed by atoms with Gasteiger partial charge in [0.05, 0.1) is 0 Å². The molecule has 0 aromatic rings. The first-order chi connectivity index (χ1) is 11.5. The van der Waals surface area contributed by atoms with Crippen molar-refractivity contribution in [2.24, 2.45) is 5.92 Å². The maximum absolute atomic E-state index is 12.9. The standard InChI is InChI=1S/C9H15O2.3C4H9.Sn/c1-4-8(3)6-7-9(10)11-5-2;3*1-3-4-2;/h6,8H,4-5H2,1-3H3;3*1,3-4H2,2H3;. The van der Waals surface area contributed by atoms with E-state index >= 15 is 0 Å². The van der Waals surface area contributed by atoms with E-state index in [1.807, 2.05) is 6.92 Å². The van der Waals surface area contributed by atoms with E-state index < -0.39 is 18.4 Å². The van der Waals surface area contributed by atoms with Gasteiger partial charge >= 0.3 is 156 Å². The predicted molar refractivity (Wildman–Crippen MR) is 109 cm³/mol. The molecule has 0 rings (SSSR count). The van der Waals surface area contributed by atoms with Crippen molar-refractivity contribution in [3.05, 3.63) is 9.67 Å². The predicted octanol–water partition coefficient (Wildman–Crippen LogP) is 6.91. The summed E-state index contributed by atoms with van der Waals surface area (Å²) in [5.41, 5.74) is 0. The van der Waals surface area contributed by atoms with E-state index in [4.69, 9.17) is 4.74 Å². The topological polar surface area (TPSA) is 26.3 Å². The van der Waals surface area contributed by atoms with Crippen molar-refractivity contribution in [3.63, 3.8) is 0 Å². The molecule has 0 aromatic heterocycles. The molecule has 142 valence electrons. The Bertz CT molecular complexity index is 341. The Kier molecular flexibility index (Phi) is 14.2. The van der Waals surface area contributed by atoms with Crippen molar-refractivity contribution < 1.29 is 9.53 Å². The molecule has 0 aliphatic heterocycles. The monoisotopic (exact) mass is 446 g/mol. The van der Waals surface area contributed by atoms with Crippen LogP contribution in [0.15, 0.2) is 9.67 Å². The third-order valence-corrected chi connectivity index (χ3v) is 20.7.